The summed E-state index contributed by atoms with van der Waals surface area (Å²) < 4.78 is 5.99. The molecule has 0 amide bonds. The van der Waals surface area contributed by atoms with E-state index in [9.17, 15) is 0 Å². The van der Waals surface area contributed by atoms with Crippen molar-refractivity contribution in [2.24, 2.45) is 11.8 Å². The van der Waals surface area contributed by atoms with Crippen molar-refractivity contribution in [2.75, 3.05) is 0 Å². The third kappa shape index (κ3) is 2.01. The predicted molar refractivity (Wildman–Crippen MR) is 63.2 cm³/mol. The summed E-state index contributed by atoms with van der Waals surface area (Å²) in [6.07, 6.45) is 2.70. The van der Waals surface area contributed by atoms with Crippen LogP contribution in [0.15, 0.2) is 24.3 Å². The highest BCUT2D eigenvalue weighted by Crippen LogP contribution is 2.34. The van der Waals surface area contributed by atoms with Crippen molar-refractivity contribution in [2.45, 2.75) is 39.7 Å². The van der Waals surface area contributed by atoms with Gasteiger partial charge < -0.3 is 4.74 Å². The Morgan fingerprint density at radius 3 is 2.73 bits per heavy atom. The first-order chi connectivity index (χ1) is 7.22. The molecule has 1 aromatic rings. The van der Waals surface area contributed by atoms with Crippen LogP contribution < -0.4 is 4.74 Å². The molecular weight excluding hydrogens is 184 g/mol. The van der Waals surface area contributed by atoms with E-state index in [2.05, 4.69) is 45.0 Å². The number of rotatable bonds is 3. The van der Waals surface area contributed by atoms with Gasteiger partial charge in [-0.15, -0.1) is 0 Å². The second kappa shape index (κ2) is 4.26. The minimum absolute atomic E-state index is 0.386. The molecule has 0 fully saturated rings. The summed E-state index contributed by atoms with van der Waals surface area (Å²) in [6.45, 7) is 6.88. The van der Waals surface area contributed by atoms with Gasteiger partial charge in [-0.05, 0) is 23.5 Å². The monoisotopic (exact) mass is 204 g/mol. The number of hydrogen-bond acceptors (Lipinski definition) is 1. The first-order valence-electron chi connectivity index (χ1n) is 5.97. The van der Waals surface area contributed by atoms with Crippen LogP contribution in [-0.4, -0.2) is 6.10 Å². The van der Waals surface area contributed by atoms with E-state index in [-0.39, 0.29) is 0 Å². The minimum Gasteiger partial charge on any atom is -0.490 e. The van der Waals surface area contributed by atoms with E-state index in [0.717, 1.165) is 18.1 Å². The van der Waals surface area contributed by atoms with Gasteiger partial charge in [0.2, 0.25) is 0 Å². The van der Waals surface area contributed by atoms with Gasteiger partial charge in [0.25, 0.3) is 0 Å². The molecular formula is C14H20O. The van der Waals surface area contributed by atoms with Gasteiger partial charge in [0.05, 0.1) is 0 Å². The molecule has 0 aliphatic carbocycles. The van der Waals surface area contributed by atoms with Crippen LogP contribution in [0.4, 0.5) is 0 Å². The molecule has 0 saturated heterocycles. The van der Waals surface area contributed by atoms with Crippen LogP contribution in [0.25, 0.3) is 0 Å². The van der Waals surface area contributed by atoms with Crippen LogP contribution >= 0.6 is 0 Å². The molecule has 1 heterocycles. The highest BCUT2D eigenvalue weighted by Gasteiger charge is 2.29. The average molecular weight is 204 g/mol. The van der Waals surface area contributed by atoms with Crippen molar-refractivity contribution in [3.8, 4) is 5.75 Å². The first-order valence-corrected chi connectivity index (χ1v) is 5.97. The summed E-state index contributed by atoms with van der Waals surface area (Å²) in [6, 6.07) is 8.41. The molecule has 0 spiro atoms. The zero-order valence-corrected chi connectivity index (χ0v) is 9.86. The van der Waals surface area contributed by atoms with E-state index in [1.165, 1.54) is 12.0 Å². The molecule has 1 nitrogen and oxygen atoms in total. The second-order valence-corrected chi connectivity index (χ2v) is 4.71. The fourth-order valence-electron chi connectivity index (χ4n) is 2.24. The predicted octanol–water partition coefficient (Wildman–Crippen LogP) is 3.67. The molecule has 1 aliphatic rings. The van der Waals surface area contributed by atoms with E-state index in [1.54, 1.807) is 0 Å². The molecule has 0 N–H and O–H groups in total. The Morgan fingerprint density at radius 2 is 2.07 bits per heavy atom. The van der Waals surface area contributed by atoms with Gasteiger partial charge in [-0.1, -0.05) is 45.4 Å². The van der Waals surface area contributed by atoms with Gasteiger partial charge in [0, 0.05) is 6.42 Å². The van der Waals surface area contributed by atoms with E-state index >= 15 is 0 Å². The lowest BCUT2D eigenvalue weighted by molar-refractivity contribution is 0.131. The number of ether oxygens (including phenoxy) is 1. The van der Waals surface area contributed by atoms with Gasteiger partial charge >= 0.3 is 0 Å². The zero-order chi connectivity index (χ0) is 10.8. The summed E-state index contributed by atoms with van der Waals surface area (Å²) >= 11 is 0. The number of hydrogen-bond donors (Lipinski definition) is 0. The van der Waals surface area contributed by atoms with E-state index in [4.69, 9.17) is 4.74 Å². The molecule has 0 bridgehead atoms. The lowest BCUT2D eigenvalue weighted by Crippen LogP contribution is -2.27. The van der Waals surface area contributed by atoms with Crippen molar-refractivity contribution in [1.29, 1.82) is 0 Å². The van der Waals surface area contributed by atoms with Crippen LogP contribution in [0.1, 0.15) is 32.8 Å². The van der Waals surface area contributed by atoms with E-state index in [0.29, 0.717) is 12.0 Å². The van der Waals surface area contributed by atoms with Crippen LogP contribution in [0.3, 0.4) is 0 Å². The van der Waals surface area contributed by atoms with E-state index in [1.807, 2.05) is 0 Å². The summed E-state index contributed by atoms with van der Waals surface area (Å²) in [4.78, 5) is 0. The maximum absolute atomic E-state index is 5.99. The molecule has 3 unspecified atom stereocenters. The minimum atomic E-state index is 0.386. The molecule has 3 atom stereocenters. The molecule has 82 valence electrons. The number of benzene rings is 1. The average Bonchev–Trinajstić information content (AvgIpc) is 2.70. The number of fused-ring (bicyclic) bond motifs is 1. The Labute approximate surface area is 92.5 Å². The Bertz CT molecular complexity index is 307. The Morgan fingerprint density at radius 1 is 1.33 bits per heavy atom. The van der Waals surface area contributed by atoms with Crippen molar-refractivity contribution in [3.63, 3.8) is 0 Å². The summed E-state index contributed by atoms with van der Waals surface area (Å²) in [5, 5.41) is 0. The molecule has 1 aromatic carbocycles. The highest BCUT2D eigenvalue weighted by atomic mass is 16.5. The SMILES string of the molecule is CCC(C)C(C)C1Cc2ccccc2O1. The van der Waals surface area contributed by atoms with Crippen LogP contribution in [-0.2, 0) is 6.42 Å². The maximum Gasteiger partial charge on any atom is 0.123 e. The van der Waals surface area contributed by atoms with Crippen molar-refractivity contribution in [1.82, 2.24) is 0 Å². The third-order valence-corrected chi connectivity index (χ3v) is 3.80. The normalized spacial score (nSPS) is 23.0. The number of para-hydroxylation sites is 1. The fourth-order valence-corrected chi connectivity index (χ4v) is 2.24. The largest absolute Gasteiger partial charge is 0.490 e. The molecule has 1 aliphatic heterocycles. The maximum atomic E-state index is 5.99. The zero-order valence-electron chi connectivity index (χ0n) is 9.86. The van der Waals surface area contributed by atoms with Gasteiger partial charge in [-0.3, -0.25) is 0 Å². The smallest absolute Gasteiger partial charge is 0.123 e. The third-order valence-electron chi connectivity index (χ3n) is 3.80. The molecule has 15 heavy (non-hydrogen) atoms. The van der Waals surface area contributed by atoms with Crippen molar-refractivity contribution < 1.29 is 4.74 Å². The van der Waals surface area contributed by atoms with Gasteiger partial charge in [-0.2, -0.15) is 0 Å². The van der Waals surface area contributed by atoms with Crippen LogP contribution in [0, 0.1) is 11.8 Å². The molecule has 0 saturated carbocycles. The van der Waals surface area contributed by atoms with Crippen molar-refractivity contribution >= 4 is 0 Å². The molecule has 2 rings (SSSR count). The summed E-state index contributed by atoms with van der Waals surface area (Å²) in [5.41, 5.74) is 1.37. The van der Waals surface area contributed by atoms with E-state index < -0.39 is 0 Å². The quantitative estimate of drug-likeness (QED) is 0.730. The Balaban J connectivity index is 2.07. The standard InChI is InChI=1S/C14H20O/c1-4-10(2)11(3)14-9-12-7-5-6-8-13(12)15-14/h5-8,10-11,14H,4,9H2,1-3H3. The fraction of sp³-hybridized carbons (Fsp3) is 0.571. The lowest BCUT2D eigenvalue weighted by atomic mass is 9.87. The molecule has 0 aromatic heterocycles. The van der Waals surface area contributed by atoms with Gasteiger partial charge in [0.1, 0.15) is 11.9 Å². The van der Waals surface area contributed by atoms with Gasteiger partial charge in [-0.25, -0.2) is 0 Å². The Hall–Kier alpha value is -0.980. The topological polar surface area (TPSA) is 9.23 Å². The second-order valence-electron chi connectivity index (χ2n) is 4.71. The molecule has 0 radical (unpaired) electrons. The van der Waals surface area contributed by atoms with Crippen LogP contribution in [0.5, 0.6) is 5.75 Å². The van der Waals surface area contributed by atoms with Crippen LogP contribution in [0.2, 0.25) is 0 Å². The highest BCUT2D eigenvalue weighted by molar-refractivity contribution is 5.37. The van der Waals surface area contributed by atoms with Crippen molar-refractivity contribution in [3.05, 3.63) is 29.8 Å². The first kappa shape index (κ1) is 10.5. The summed E-state index contributed by atoms with van der Waals surface area (Å²) in [7, 11) is 0. The van der Waals surface area contributed by atoms with Gasteiger partial charge in [0.15, 0.2) is 0 Å². The summed E-state index contributed by atoms with van der Waals surface area (Å²) in [5.74, 6) is 2.48. The lowest BCUT2D eigenvalue weighted by Gasteiger charge is -2.24. The Kier molecular flexibility index (Phi) is 2.99. The molecule has 1 heteroatoms.